The maximum Gasteiger partial charge on any atom is 0.228 e. The fourth-order valence-corrected chi connectivity index (χ4v) is 2.43. The summed E-state index contributed by atoms with van der Waals surface area (Å²) in [4.78, 5) is 15.4. The highest BCUT2D eigenvalue weighted by Crippen LogP contribution is 2.23. The topological polar surface area (TPSA) is 58.9 Å². The van der Waals surface area contributed by atoms with Gasteiger partial charge >= 0.3 is 0 Å². The molecule has 7 heteroatoms. The van der Waals surface area contributed by atoms with Crippen molar-refractivity contribution in [1.29, 1.82) is 0 Å². The molecule has 0 fully saturated rings. The quantitative estimate of drug-likeness (QED) is 0.802. The molecule has 0 amide bonds. The number of nitrogens with zero attached hydrogens (tertiary/aromatic N) is 5. The number of hydrogen-bond acceptors (Lipinski definition) is 5. The van der Waals surface area contributed by atoms with Gasteiger partial charge < -0.3 is 14.8 Å². The highest BCUT2D eigenvalue weighted by molar-refractivity contribution is 6.31. The Labute approximate surface area is 133 Å². The maximum absolute atomic E-state index is 6.25. The third-order valence-electron chi connectivity index (χ3n) is 3.39. The number of benzene rings is 1. The highest BCUT2D eigenvalue weighted by Gasteiger charge is 2.14. The minimum absolute atomic E-state index is 0.614. The Bertz CT molecular complexity index is 811. The Morgan fingerprint density at radius 2 is 2.00 bits per heavy atom. The Hall–Kier alpha value is -2.34. The first-order valence-corrected chi connectivity index (χ1v) is 7.29. The zero-order valence-electron chi connectivity index (χ0n) is 12.7. The van der Waals surface area contributed by atoms with Crippen LogP contribution in [0.4, 0.5) is 11.8 Å². The van der Waals surface area contributed by atoms with Crippen molar-refractivity contribution in [3.05, 3.63) is 41.2 Å². The van der Waals surface area contributed by atoms with Gasteiger partial charge in [0.15, 0.2) is 17.0 Å². The molecule has 0 unspecified atom stereocenters. The van der Waals surface area contributed by atoms with Gasteiger partial charge in [-0.2, -0.15) is 9.97 Å². The van der Waals surface area contributed by atoms with E-state index in [9.17, 15) is 0 Å². The van der Waals surface area contributed by atoms with Gasteiger partial charge in [-0.05, 0) is 11.6 Å². The molecule has 3 aromatic rings. The van der Waals surface area contributed by atoms with Gasteiger partial charge in [-0.1, -0.05) is 29.8 Å². The molecule has 0 bridgehead atoms. The number of imidazole rings is 1. The molecule has 1 N–H and O–H groups in total. The number of halogens is 1. The molecular formula is C15H17ClN6. The van der Waals surface area contributed by atoms with E-state index < -0.39 is 0 Å². The summed E-state index contributed by atoms with van der Waals surface area (Å²) in [5.41, 5.74) is 2.56. The van der Waals surface area contributed by atoms with Crippen LogP contribution < -0.4 is 10.2 Å². The molecule has 0 aliphatic carbocycles. The Balaban J connectivity index is 2.11. The van der Waals surface area contributed by atoms with E-state index in [0.29, 0.717) is 18.3 Å². The van der Waals surface area contributed by atoms with Crippen molar-refractivity contribution in [1.82, 2.24) is 19.5 Å². The fraction of sp³-hybridized carbons (Fsp3) is 0.267. The van der Waals surface area contributed by atoms with Crippen molar-refractivity contribution in [2.45, 2.75) is 6.54 Å². The zero-order valence-corrected chi connectivity index (χ0v) is 13.5. The Morgan fingerprint density at radius 3 is 2.68 bits per heavy atom. The van der Waals surface area contributed by atoms with Gasteiger partial charge in [0.2, 0.25) is 5.95 Å². The van der Waals surface area contributed by atoms with E-state index in [4.69, 9.17) is 11.6 Å². The van der Waals surface area contributed by atoms with E-state index >= 15 is 0 Å². The zero-order chi connectivity index (χ0) is 15.7. The minimum Gasteiger partial charge on any atom is -0.371 e. The van der Waals surface area contributed by atoms with Crippen LogP contribution in [0.1, 0.15) is 5.56 Å². The number of aromatic nitrogens is 4. The first-order chi connectivity index (χ1) is 10.6. The lowest BCUT2D eigenvalue weighted by Gasteiger charge is -2.12. The second kappa shape index (κ2) is 5.81. The van der Waals surface area contributed by atoms with Crippen LogP contribution in [0.5, 0.6) is 0 Å². The maximum atomic E-state index is 6.25. The molecule has 1 aromatic carbocycles. The van der Waals surface area contributed by atoms with Gasteiger partial charge in [0, 0.05) is 26.2 Å². The lowest BCUT2D eigenvalue weighted by Crippen LogP contribution is -2.14. The molecule has 22 heavy (non-hydrogen) atoms. The number of hydrogen-bond donors (Lipinski definition) is 1. The predicted molar refractivity (Wildman–Crippen MR) is 89.8 cm³/mol. The monoisotopic (exact) mass is 316 g/mol. The molecule has 0 aliphatic heterocycles. The normalized spacial score (nSPS) is 10.9. The van der Waals surface area contributed by atoms with E-state index in [1.807, 2.05) is 54.9 Å². The predicted octanol–water partition coefficient (Wildman–Crippen LogP) is 2.64. The van der Waals surface area contributed by atoms with E-state index in [1.165, 1.54) is 0 Å². The third kappa shape index (κ3) is 2.57. The Morgan fingerprint density at radius 1 is 1.23 bits per heavy atom. The lowest BCUT2D eigenvalue weighted by atomic mass is 10.2. The van der Waals surface area contributed by atoms with Crippen molar-refractivity contribution < 1.29 is 0 Å². The smallest absolute Gasteiger partial charge is 0.228 e. The van der Waals surface area contributed by atoms with Crippen LogP contribution in [0, 0.1) is 0 Å². The van der Waals surface area contributed by atoms with E-state index in [2.05, 4.69) is 20.3 Å². The SMILES string of the molecule is CNc1nc(N(C)C)nc2c1ncn2Cc1ccccc1Cl. The Kier molecular flexibility index (Phi) is 3.85. The number of rotatable bonds is 4. The second-order valence-electron chi connectivity index (χ2n) is 5.15. The summed E-state index contributed by atoms with van der Waals surface area (Å²) in [7, 11) is 5.65. The molecule has 114 valence electrons. The minimum atomic E-state index is 0.614. The lowest BCUT2D eigenvalue weighted by molar-refractivity contribution is 0.812. The van der Waals surface area contributed by atoms with Gasteiger partial charge in [-0.25, -0.2) is 4.98 Å². The average molecular weight is 317 g/mol. The molecule has 6 nitrogen and oxygen atoms in total. The van der Waals surface area contributed by atoms with Crippen LogP contribution in [0.15, 0.2) is 30.6 Å². The molecule has 0 radical (unpaired) electrons. The molecule has 0 aliphatic rings. The van der Waals surface area contributed by atoms with Crippen LogP contribution in [-0.2, 0) is 6.54 Å². The van der Waals surface area contributed by atoms with Gasteiger partial charge in [0.25, 0.3) is 0 Å². The summed E-state index contributed by atoms with van der Waals surface area (Å²) >= 11 is 6.25. The van der Waals surface area contributed by atoms with Crippen LogP contribution >= 0.6 is 11.6 Å². The van der Waals surface area contributed by atoms with Gasteiger partial charge in [0.1, 0.15) is 0 Å². The molecule has 2 heterocycles. The molecule has 0 atom stereocenters. The van der Waals surface area contributed by atoms with Gasteiger partial charge in [-0.15, -0.1) is 0 Å². The first kappa shape index (κ1) is 14.6. The first-order valence-electron chi connectivity index (χ1n) is 6.91. The van der Waals surface area contributed by atoms with Crippen molar-refractivity contribution in [3.63, 3.8) is 0 Å². The van der Waals surface area contributed by atoms with Crippen molar-refractivity contribution in [2.24, 2.45) is 0 Å². The summed E-state index contributed by atoms with van der Waals surface area (Å²) < 4.78 is 1.98. The van der Waals surface area contributed by atoms with Crippen LogP contribution in [0.3, 0.4) is 0 Å². The molecule has 0 saturated heterocycles. The summed E-state index contributed by atoms with van der Waals surface area (Å²) in [5.74, 6) is 1.35. The van der Waals surface area contributed by atoms with E-state index in [0.717, 1.165) is 21.7 Å². The average Bonchev–Trinajstić information content (AvgIpc) is 2.91. The molecule has 0 saturated carbocycles. The number of nitrogens with one attached hydrogen (secondary N) is 1. The standard InChI is InChI=1S/C15H17ClN6/c1-17-13-12-14(20-15(19-13)21(2)3)22(9-18-12)8-10-6-4-5-7-11(10)16/h4-7,9H,8H2,1-3H3,(H,17,19,20). The van der Waals surface area contributed by atoms with Crippen LogP contribution in [0.2, 0.25) is 5.02 Å². The summed E-state index contributed by atoms with van der Waals surface area (Å²) in [5, 5.41) is 3.81. The fourth-order valence-electron chi connectivity index (χ4n) is 2.23. The van der Waals surface area contributed by atoms with E-state index in [-0.39, 0.29) is 0 Å². The summed E-state index contributed by atoms with van der Waals surface area (Å²) in [6, 6.07) is 7.78. The van der Waals surface area contributed by atoms with Crippen molar-refractivity contribution >= 4 is 34.5 Å². The highest BCUT2D eigenvalue weighted by atomic mass is 35.5. The molecule has 2 aromatic heterocycles. The number of anilines is 2. The summed E-state index contributed by atoms with van der Waals surface area (Å²) in [6.07, 6.45) is 1.77. The van der Waals surface area contributed by atoms with Crippen molar-refractivity contribution in [3.8, 4) is 0 Å². The largest absolute Gasteiger partial charge is 0.371 e. The number of fused-ring (bicyclic) bond motifs is 1. The van der Waals surface area contributed by atoms with Crippen LogP contribution in [-0.4, -0.2) is 40.7 Å². The van der Waals surface area contributed by atoms with E-state index in [1.54, 1.807) is 6.33 Å². The van der Waals surface area contributed by atoms with Gasteiger partial charge in [-0.3, -0.25) is 0 Å². The second-order valence-corrected chi connectivity index (χ2v) is 5.56. The molecular weight excluding hydrogens is 300 g/mol. The molecule has 3 rings (SSSR count). The summed E-state index contributed by atoms with van der Waals surface area (Å²) in [6.45, 7) is 0.614. The molecule has 0 spiro atoms. The van der Waals surface area contributed by atoms with Gasteiger partial charge in [0.05, 0.1) is 12.9 Å². The third-order valence-corrected chi connectivity index (χ3v) is 3.76. The van der Waals surface area contributed by atoms with Crippen molar-refractivity contribution in [2.75, 3.05) is 31.4 Å². The van der Waals surface area contributed by atoms with Crippen LogP contribution in [0.25, 0.3) is 11.2 Å².